The molecule has 8 aromatic rings. The van der Waals surface area contributed by atoms with Crippen LogP contribution in [-0.2, 0) is 9.59 Å². The molecule has 76 heavy (non-hydrogen) atoms. The van der Waals surface area contributed by atoms with Gasteiger partial charge in [-0.1, -0.05) is 44.8 Å². The SMILES string of the molecule is C.C=CC(=O)Cl.C=CC(=O)Nc1cc(Nc2ncnc(-n3nc(F)c4ccccc43)n2)c(OC)cc1N(C)CCN(C)C.COc1cc(N(C)CCN(C)C)c(N)cc1Nc1ncnc(-n2nc(F)c3ccccc32)n1. The number of nitrogen functional groups attached to an aromatic ring is 1. The molecule has 0 saturated heterocycles. The summed E-state index contributed by atoms with van der Waals surface area (Å²) in [5.41, 5.74) is 11.2. The van der Waals surface area contributed by atoms with E-state index in [9.17, 15) is 18.4 Å². The number of halogens is 3. The van der Waals surface area contributed by atoms with Crippen LogP contribution < -0.4 is 41.0 Å². The number of ether oxygens (including phenoxy) is 2. The molecule has 0 unspecified atom stereocenters. The van der Waals surface area contributed by atoms with Gasteiger partial charge in [-0.2, -0.15) is 38.1 Å². The van der Waals surface area contributed by atoms with Crippen LogP contribution in [0.4, 0.5) is 54.8 Å². The Morgan fingerprint density at radius 3 is 1.53 bits per heavy atom. The molecule has 1 amide bonds. The summed E-state index contributed by atoms with van der Waals surface area (Å²) in [5.74, 6) is 0.246. The van der Waals surface area contributed by atoms with Gasteiger partial charge in [-0.15, -0.1) is 10.2 Å². The molecule has 0 saturated carbocycles. The van der Waals surface area contributed by atoms with E-state index in [0.717, 1.165) is 37.1 Å². The van der Waals surface area contributed by atoms with E-state index in [1.165, 1.54) is 28.1 Å². The van der Waals surface area contributed by atoms with Gasteiger partial charge < -0.3 is 50.8 Å². The van der Waals surface area contributed by atoms with Crippen molar-refractivity contribution in [2.75, 3.05) is 114 Å². The van der Waals surface area contributed by atoms with Crippen LogP contribution in [0.2, 0.25) is 0 Å². The number of carbonyl (C=O) groups is 2. The third kappa shape index (κ3) is 14.7. The number of para-hydroxylation sites is 2. The van der Waals surface area contributed by atoms with Crippen molar-refractivity contribution in [3.05, 3.63) is 123 Å². The first kappa shape index (κ1) is 58.0. The zero-order valence-electron chi connectivity index (χ0n) is 42.6. The minimum Gasteiger partial charge on any atom is -0.494 e. The predicted octanol–water partition coefficient (Wildman–Crippen LogP) is 7.48. The first-order valence-corrected chi connectivity index (χ1v) is 23.2. The lowest BCUT2D eigenvalue weighted by molar-refractivity contribution is -0.112. The molecule has 0 radical (unpaired) electrons. The number of rotatable bonds is 19. The summed E-state index contributed by atoms with van der Waals surface area (Å²) in [7, 11) is 15.1. The molecular formula is C51H61ClF2N18O4. The van der Waals surface area contributed by atoms with E-state index in [2.05, 4.69) is 83.9 Å². The molecule has 22 nitrogen and oxygen atoms in total. The van der Waals surface area contributed by atoms with Crippen molar-refractivity contribution in [2.24, 2.45) is 0 Å². The van der Waals surface area contributed by atoms with Crippen molar-refractivity contribution in [3.8, 4) is 23.4 Å². The lowest BCUT2D eigenvalue weighted by atomic mass is 10.2. The number of nitrogens with two attached hydrogens (primary N) is 1. The molecule has 0 aliphatic heterocycles. The van der Waals surface area contributed by atoms with Crippen molar-refractivity contribution in [1.29, 1.82) is 0 Å². The number of nitrogens with zero attached hydrogens (tertiary/aromatic N) is 14. The topological polar surface area (TPSA) is 241 Å². The smallest absolute Gasteiger partial charge is 0.256 e. The fourth-order valence-electron chi connectivity index (χ4n) is 7.06. The molecule has 0 bridgehead atoms. The number of carbonyl (C=O) groups excluding carboxylic acids is 2. The molecule has 0 spiro atoms. The zero-order chi connectivity index (χ0) is 54.3. The van der Waals surface area contributed by atoms with Gasteiger partial charge in [-0.25, -0.2) is 9.97 Å². The van der Waals surface area contributed by atoms with Crippen LogP contribution in [-0.4, -0.2) is 153 Å². The Morgan fingerprint density at radius 2 is 1.09 bits per heavy atom. The number of likely N-dealkylation sites (N-methyl/N-ethyl adjacent to an activating group) is 4. The highest BCUT2D eigenvalue weighted by Gasteiger charge is 2.20. The monoisotopic (exact) mass is 1060 g/mol. The highest BCUT2D eigenvalue weighted by atomic mass is 35.5. The van der Waals surface area contributed by atoms with Gasteiger partial charge in [0.15, 0.2) is 0 Å². The van der Waals surface area contributed by atoms with Gasteiger partial charge in [-0.3, -0.25) is 9.59 Å². The van der Waals surface area contributed by atoms with Crippen LogP contribution >= 0.6 is 11.6 Å². The maximum absolute atomic E-state index is 14.3. The summed E-state index contributed by atoms with van der Waals surface area (Å²) in [4.78, 5) is 55.4. The number of fused-ring (bicyclic) bond motifs is 2. The van der Waals surface area contributed by atoms with Crippen molar-refractivity contribution in [3.63, 3.8) is 0 Å². The van der Waals surface area contributed by atoms with Gasteiger partial charge in [0.2, 0.25) is 34.9 Å². The average molecular weight is 1060 g/mol. The highest BCUT2D eigenvalue weighted by Crippen LogP contribution is 2.39. The van der Waals surface area contributed by atoms with Gasteiger partial charge in [-0.05, 0) is 88.3 Å². The van der Waals surface area contributed by atoms with Gasteiger partial charge in [0.25, 0.3) is 11.9 Å². The normalized spacial score (nSPS) is 10.6. The van der Waals surface area contributed by atoms with Crippen molar-refractivity contribution in [2.45, 2.75) is 7.43 Å². The Hall–Kier alpha value is -8.87. The maximum Gasteiger partial charge on any atom is 0.256 e. The van der Waals surface area contributed by atoms with Gasteiger partial charge >= 0.3 is 0 Å². The molecule has 0 fully saturated rings. The Bertz CT molecular complexity index is 3300. The molecule has 0 aliphatic carbocycles. The largest absolute Gasteiger partial charge is 0.494 e. The van der Waals surface area contributed by atoms with Gasteiger partial charge in [0, 0.05) is 52.4 Å². The number of allylic oxidation sites excluding steroid dienone is 1. The molecule has 4 aromatic heterocycles. The van der Waals surface area contributed by atoms with Crippen LogP contribution in [0.15, 0.2) is 111 Å². The number of hydrogen-bond acceptors (Lipinski definition) is 19. The van der Waals surface area contributed by atoms with Crippen molar-refractivity contribution < 1.29 is 27.8 Å². The Labute approximate surface area is 443 Å². The van der Waals surface area contributed by atoms with Crippen LogP contribution in [0.25, 0.3) is 33.7 Å². The summed E-state index contributed by atoms with van der Waals surface area (Å²) in [6, 6.07) is 21.0. The van der Waals surface area contributed by atoms with Crippen LogP contribution in [0.1, 0.15) is 7.43 Å². The molecular weight excluding hydrogens is 1000 g/mol. The van der Waals surface area contributed by atoms with E-state index in [1.54, 1.807) is 74.9 Å². The highest BCUT2D eigenvalue weighted by molar-refractivity contribution is 6.66. The first-order valence-electron chi connectivity index (χ1n) is 22.8. The van der Waals surface area contributed by atoms with Crippen LogP contribution in [0.5, 0.6) is 11.5 Å². The number of amides is 1. The minimum absolute atomic E-state index is 0. The molecule has 0 atom stereocenters. The molecule has 4 heterocycles. The molecule has 25 heteroatoms. The van der Waals surface area contributed by atoms with E-state index in [0.29, 0.717) is 62.6 Å². The third-order valence-electron chi connectivity index (χ3n) is 10.9. The summed E-state index contributed by atoms with van der Waals surface area (Å²) in [6.07, 6.45) is 4.88. The summed E-state index contributed by atoms with van der Waals surface area (Å²) < 4.78 is 42.4. The quantitative estimate of drug-likeness (QED) is 0.0349. The van der Waals surface area contributed by atoms with E-state index in [1.807, 2.05) is 59.3 Å². The van der Waals surface area contributed by atoms with Crippen LogP contribution in [0, 0.1) is 11.9 Å². The Balaban J connectivity index is 0.000000256. The number of nitrogens with one attached hydrogen (secondary N) is 3. The predicted molar refractivity (Wildman–Crippen MR) is 296 cm³/mol. The molecule has 400 valence electrons. The minimum atomic E-state index is -0.622. The lowest BCUT2D eigenvalue weighted by Crippen LogP contribution is -2.29. The van der Waals surface area contributed by atoms with Crippen LogP contribution in [0.3, 0.4) is 0 Å². The summed E-state index contributed by atoms with van der Waals surface area (Å²) >= 11 is 4.71. The Morgan fingerprint density at radius 1 is 0.658 bits per heavy atom. The second kappa shape index (κ2) is 26.9. The fourth-order valence-corrected chi connectivity index (χ4v) is 7.06. The number of hydrogen-bond donors (Lipinski definition) is 4. The Kier molecular flexibility index (Phi) is 20.5. The number of methoxy groups -OCH3 is 2. The lowest BCUT2D eigenvalue weighted by Gasteiger charge is -2.25. The van der Waals surface area contributed by atoms with E-state index in [4.69, 9.17) is 26.8 Å². The molecule has 4 aromatic carbocycles. The fraction of sp³-hybridized carbons (Fsp3) is 0.255. The molecule has 8 rings (SSSR count). The second-order valence-electron chi connectivity index (χ2n) is 16.7. The molecule has 0 aliphatic rings. The standard InChI is InChI=1S/C25H28FN9O2.C22H26FN9O.C3H3ClO.CH4/c1-6-22(36)29-17-13-18(21(37-5)14-20(17)34(4)12-11-33(2)3)30-24-27-15-28-25(31-24)35-19-10-8-7-9-16(19)23(26)32-35;1-30(2)9-10-31(3)18-12-19(33-4)16(11-15(18)24)27-21-25-13-26-22(28-21)32-17-8-6-5-7-14(17)20(23)29-32;1-2-3(4)5;/h6-10,13-15H,1,11-12H2,2-5H3,(H,29,36)(H,27,28,30,31);5-8,11-13H,9-10,24H2,1-4H3,(H,25,26,27,28);2H,1H2;1H4. The zero-order valence-corrected chi connectivity index (χ0v) is 43.3. The number of anilines is 8. The number of benzene rings is 4. The van der Waals surface area contributed by atoms with Gasteiger partial charge in [0.05, 0.1) is 70.1 Å². The van der Waals surface area contributed by atoms with E-state index >= 15 is 0 Å². The summed E-state index contributed by atoms with van der Waals surface area (Å²) in [5, 5.41) is 17.2. The second-order valence-corrected chi connectivity index (χ2v) is 17.1. The maximum atomic E-state index is 14.3. The third-order valence-corrected chi connectivity index (χ3v) is 11.1. The number of aromatic nitrogens is 10. The average Bonchev–Trinajstić information content (AvgIpc) is 3.93. The van der Waals surface area contributed by atoms with E-state index < -0.39 is 17.1 Å². The van der Waals surface area contributed by atoms with Gasteiger partial charge in [0.1, 0.15) is 24.2 Å². The first-order chi connectivity index (χ1) is 35.9. The molecule has 5 N–H and O–H groups in total. The van der Waals surface area contributed by atoms with Crippen molar-refractivity contribution >= 4 is 90.6 Å². The van der Waals surface area contributed by atoms with E-state index in [-0.39, 0.29) is 37.1 Å². The summed E-state index contributed by atoms with van der Waals surface area (Å²) in [6.45, 7) is 9.83. The van der Waals surface area contributed by atoms with Crippen molar-refractivity contribution in [1.82, 2.24) is 59.3 Å².